The molecule has 1 heteroatoms. The highest BCUT2D eigenvalue weighted by molar-refractivity contribution is 6.04. The van der Waals surface area contributed by atoms with Gasteiger partial charge in [-0.1, -0.05) is 136 Å². The molecule has 0 saturated heterocycles. The van der Waals surface area contributed by atoms with E-state index in [1.165, 1.54) is 44.4 Å². The summed E-state index contributed by atoms with van der Waals surface area (Å²) in [6, 6.07) is 26.1. The SMILES string of the molecule is C=C/C=C\C(=C(C)C)c1c(C)c2c(c3cc(C)ccc13)OC(c1ccccc1)(c1ccc(C)cc1)C(C)=C2.CC.CC. The average Bonchev–Trinajstić information content (AvgIpc) is 3.01. The Hall–Kier alpha value is -4.10. The van der Waals surface area contributed by atoms with Crippen LogP contribution in [-0.2, 0) is 5.60 Å². The van der Waals surface area contributed by atoms with E-state index in [2.05, 4.69) is 133 Å². The zero-order valence-corrected chi connectivity index (χ0v) is 27.4. The zero-order chi connectivity index (χ0) is 31.0. The van der Waals surface area contributed by atoms with Crippen LogP contribution >= 0.6 is 0 Å². The molecule has 0 fully saturated rings. The smallest absolute Gasteiger partial charge is 0.180 e. The average molecular weight is 557 g/mol. The Balaban J connectivity index is 0.00000116. The Morgan fingerprint density at radius 2 is 1.33 bits per heavy atom. The van der Waals surface area contributed by atoms with E-state index in [1.807, 2.05) is 39.8 Å². The highest BCUT2D eigenvalue weighted by Crippen LogP contribution is 2.51. The third kappa shape index (κ3) is 5.93. The lowest BCUT2D eigenvalue weighted by Crippen LogP contribution is -2.38. The van der Waals surface area contributed by atoms with Gasteiger partial charge in [-0.05, 0) is 81.3 Å². The van der Waals surface area contributed by atoms with E-state index in [9.17, 15) is 0 Å². The summed E-state index contributed by atoms with van der Waals surface area (Å²) in [4.78, 5) is 0. The van der Waals surface area contributed by atoms with Crippen molar-refractivity contribution in [2.24, 2.45) is 0 Å². The molecule has 0 aliphatic carbocycles. The van der Waals surface area contributed by atoms with Crippen molar-refractivity contribution in [1.82, 2.24) is 0 Å². The van der Waals surface area contributed by atoms with Crippen molar-refractivity contribution in [3.63, 3.8) is 0 Å². The molecule has 42 heavy (non-hydrogen) atoms. The van der Waals surface area contributed by atoms with Gasteiger partial charge in [0.1, 0.15) is 5.75 Å². The molecule has 0 spiro atoms. The summed E-state index contributed by atoms with van der Waals surface area (Å²) in [6.07, 6.45) is 8.39. The number of hydrogen-bond acceptors (Lipinski definition) is 1. The van der Waals surface area contributed by atoms with Crippen molar-refractivity contribution in [2.75, 3.05) is 0 Å². The highest BCUT2D eigenvalue weighted by Gasteiger charge is 2.42. The first-order valence-electron chi connectivity index (χ1n) is 15.3. The summed E-state index contributed by atoms with van der Waals surface area (Å²) in [7, 11) is 0. The third-order valence-corrected chi connectivity index (χ3v) is 7.73. The minimum Gasteiger partial charge on any atom is -0.472 e. The van der Waals surface area contributed by atoms with Crippen LogP contribution < -0.4 is 4.74 Å². The van der Waals surface area contributed by atoms with Gasteiger partial charge in [-0.25, -0.2) is 0 Å². The summed E-state index contributed by atoms with van der Waals surface area (Å²) < 4.78 is 7.35. The van der Waals surface area contributed by atoms with Crippen molar-refractivity contribution in [2.45, 2.75) is 74.8 Å². The van der Waals surface area contributed by atoms with Crippen LogP contribution in [0.5, 0.6) is 5.75 Å². The topological polar surface area (TPSA) is 9.23 Å². The minimum atomic E-state index is -0.714. The molecule has 1 nitrogen and oxygen atoms in total. The number of aryl methyl sites for hydroxylation is 2. The van der Waals surface area contributed by atoms with Crippen LogP contribution in [0.3, 0.4) is 0 Å². The molecular weight excluding hydrogens is 508 g/mol. The Morgan fingerprint density at radius 1 is 0.738 bits per heavy atom. The normalized spacial score (nSPS) is 15.3. The lowest BCUT2D eigenvalue weighted by Gasteiger charge is -2.41. The molecule has 0 saturated carbocycles. The van der Waals surface area contributed by atoms with Crippen molar-refractivity contribution in [1.29, 1.82) is 0 Å². The zero-order valence-electron chi connectivity index (χ0n) is 27.4. The van der Waals surface area contributed by atoms with Crippen LogP contribution in [0.25, 0.3) is 22.4 Å². The second-order valence-electron chi connectivity index (χ2n) is 10.6. The Labute approximate surface area is 255 Å². The first-order valence-corrected chi connectivity index (χ1v) is 15.3. The maximum Gasteiger partial charge on any atom is 0.180 e. The number of hydrogen-bond donors (Lipinski definition) is 0. The molecule has 1 aliphatic rings. The quantitative estimate of drug-likeness (QED) is 0.222. The molecule has 0 aromatic heterocycles. The monoisotopic (exact) mass is 556 g/mol. The van der Waals surface area contributed by atoms with E-state index in [-0.39, 0.29) is 0 Å². The molecule has 5 rings (SSSR count). The van der Waals surface area contributed by atoms with Gasteiger partial charge in [0, 0.05) is 22.1 Å². The van der Waals surface area contributed by atoms with Crippen molar-refractivity contribution in [3.8, 4) is 5.75 Å². The van der Waals surface area contributed by atoms with Crippen molar-refractivity contribution in [3.05, 3.63) is 148 Å². The van der Waals surface area contributed by atoms with Crippen molar-refractivity contribution < 1.29 is 4.74 Å². The van der Waals surface area contributed by atoms with Gasteiger partial charge in [0.25, 0.3) is 0 Å². The number of allylic oxidation sites excluding steroid dienone is 5. The number of benzene rings is 4. The van der Waals surface area contributed by atoms with Gasteiger partial charge in [-0.15, -0.1) is 0 Å². The van der Waals surface area contributed by atoms with Gasteiger partial charge in [-0.2, -0.15) is 0 Å². The van der Waals surface area contributed by atoms with Crippen LogP contribution in [0.15, 0.2) is 109 Å². The number of rotatable bonds is 5. The van der Waals surface area contributed by atoms with E-state index in [0.717, 1.165) is 27.8 Å². The van der Waals surface area contributed by atoms with Gasteiger partial charge >= 0.3 is 0 Å². The van der Waals surface area contributed by atoms with Crippen LogP contribution in [0, 0.1) is 20.8 Å². The third-order valence-electron chi connectivity index (χ3n) is 7.73. The second kappa shape index (κ2) is 14.2. The second-order valence-corrected chi connectivity index (χ2v) is 10.6. The fourth-order valence-electron chi connectivity index (χ4n) is 5.76. The number of fused-ring (bicyclic) bond motifs is 3. The molecule has 0 N–H and O–H groups in total. The largest absolute Gasteiger partial charge is 0.472 e. The minimum absolute atomic E-state index is 0.714. The Morgan fingerprint density at radius 3 is 1.93 bits per heavy atom. The highest BCUT2D eigenvalue weighted by atomic mass is 16.5. The summed E-state index contributed by atoms with van der Waals surface area (Å²) >= 11 is 0. The molecular formula is C41H48O. The Bertz CT molecular complexity index is 1620. The van der Waals surface area contributed by atoms with Crippen LogP contribution in [0.1, 0.15) is 87.4 Å². The molecule has 218 valence electrons. The molecule has 4 aromatic carbocycles. The predicted molar refractivity (Wildman–Crippen MR) is 186 cm³/mol. The van der Waals surface area contributed by atoms with Crippen molar-refractivity contribution >= 4 is 22.4 Å². The first-order chi connectivity index (χ1) is 20.3. The maximum absolute atomic E-state index is 7.35. The summed E-state index contributed by atoms with van der Waals surface area (Å²) in [5, 5.41) is 2.35. The molecule has 1 heterocycles. The van der Waals surface area contributed by atoms with Gasteiger partial charge in [0.2, 0.25) is 0 Å². The summed E-state index contributed by atoms with van der Waals surface area (Å²) in [5.74, 6) is 0.945. The maximum atomic E-state index is 7.35. The molecule has 0 amide bonds. The Kier molecular flexibility index (Phi) is 10.9. The van der Waals surface area contributed by atoms with Gasteiger partial charge in [0.15, 0.2) is 5.60 Å². The fraction of sp³-hybridized carbons (Fsp3) is 0.268. The number of ether oxygens (including phenoxy) is 1. The van der Waals surface area contributed by atoms with Crippen LogP contribution in [0.4, 0.5) is 0 Å². The molecule has 4 aromatic rings. The van der Waals surface area contributed by atoms with E-state index in [0.29, 0.717) is 0 Å². The first kappa shape index (κ1) is 32.4. The molecule has 0 radical (unpaired) electrons. The molecule has 1 unspecified atom stereocenters. The molecule has 0 bridgehead atoms. The van der Waals surface area contributed by atoms with E-state index in [4.69, 9.17) is 4.74 Å². The molecule has 1 atom stereocenters. The van der Waals surface area contributed by atoms with E-state index in [1.54, 1.807) is 0 Å². The van der Waals surface area contributed by atoms with E-state index >= 15 is 0 Å². The van der Waals surface area contributed by atoms with Crippen LogP contribution in [-0.4, -0.2) is 0 Å². The van der Waals surface area contributed by atoms with Gasteiger partial charge in [0.05, 0.1) is 0 Å². The predicted octanol–water partition coefficient (Wildman–Crippen LogP) is 12.1. The van der Waals surface area contributed by atoms with Crippen LogP contribution in [0.2, 0.25) is 0 Å². The lowest BCUT2D eigenvalue weighted by molar-refractivity contribution is 0.149. The standard InChI is InChI=1S/C37H36O.2C2H6/c1-8-9-15-31(24(2)3)35-28(7)33-23-27(6)37(29-13-11-10-12-14-29,30-19-16-25(4)17-20-30)38-36(33)34-22-26(5)18-21-32(34)35;2*1-2/h8-23H,1H2,2-7H3;2*1-2H3/b15-9-;;. The summed E-state index contributed by atoms with van der Waals surface area (Å²) in [5.41, 5.74) is 11.3. The van der Waals surface area contributed by atoms with Gasteiger partial charge in [-0.3, -0.25) is 0 Å². The lowest BCUT2D eigenvalue weighted by atomic mass is 9.76. The van der Waals surface area contributed by atoms with Gasteiger partial charge < -0.3 is 4.74 Å². The van der Waals surface area contributed by atoms with E-state index < -0.39 is 5.60 Å². The fourth-order valence-corrected chi connectivity index (χ4v) is 5.76. The molecule has 1 aliphatic heterocycles. The summed E-state index contributed by atoms with van der Waals surface area (Å²) in [6.45, 7) is 25.0.